The molecule has 0 aliphatic heterocycles. The van der Waals surface area contributed by atoms with E-state index >= 15 is 0 Å². The number of aliphatic hydroxyl groups excluding tert-OH is 1. The van der Waals surface area contributed by atoms with Crippen LogP contribution in [0.1, 0.15) is 41.0 Å². The van der Waals surface area contributed by atoms with Crippen LogP contribution in [0.3, 0.4) is 0 Å². The van der Waals surface area contributed by atoms with Crippen LogP contribution in [0.25, 0.3) is 0 Å². The lowest BCUT2D eigenvalue weighted by Crippen LogP contribution is -2.31. The molecular formula is C21H30O3. The SMILES string of the molecule is C#C[C@H](O)C1C=C(OCCOCC)C2=C(C)C(C)CC(C)(C)C2=C1. The van der Waals surface area contributed by atoms with Crippen LogP contribution in [0.4, 0.5) is 0 Å². The van der Waals surface area contributed by atoms with Crippen LogP contribution in [0, 0.1) is 29.6 Å². The first-order valence-corrected chi connectivity index (χ1v) is 8.82. The van der Waals surface area contributed by atoms with E-state index in [1.807, 2.05) is 13.0 Å². The van der Waals surface area contributed by atoms with Crippen LogP contribution < -0.4 is 0 Å². The summed E-state index contributed by atoms with van der Waals surface area (Å²) in [6, 6.07) is 0. The summed E-state index contributed by atoms with van der Waals surface area (Å²) in [5.41, 5.74) is 3.81. The normalized spacial score (nSPS) is 26.9. The van der Waals surface area contributed by atoms with E-state index in [-0.39, 0.29) is 11.3 Å². The number of fused-ring (bicyclic) bond motifs is 1. The number of hydrogen-bond donors (Lipinski definition) is 1. The smallest absolute Gasteiger partial charge is 0.124 e. The Kier molecular flexibility index (Phi) is 5.96. The molecule has 132 valence electrons. The van der Waals surface area contributed by atoms with Crippen LogP contribution in [-0.2, 0) is 9.47 Å². The lowest BCUT2D eigenvalue weighted by molar-refractivity contribution is 0.0831. The second-order valence-electron chi connectivity index (χ2n) is 7.39. The van der Waals surface area contributed by atoms with E-state index in [0.29, 0.717) is 25.7 Å². The van der Waals surface area contributed by atoms with E-state index < -0.39 is 6.10 Å². The average molecular weight is 330 g/mol. The summed E-state index contributed by atoms with van der Waals surface area (Å²) in [4.78, 5) is 0. The van der Waals surface area contributed by atoms with Crippen molar-refractivity contribution in [3.63, 3.8) is 0 Å². The molecule has 3 atom stereocenters. The highest BCUT2D eigenvalue weighted by molar-refractivity contribution is 5.56. The topological polar surface area (TPSA) is 38.7 Å². The summed E-state index contributed by atoms with van der Waals surface area (Å²) < 4.78 is 11.4. The van der Waals surface area contributed by atoms with Gasteiger partial charge in [0.15, 0.2) is 0 Å². The molecule has 2 aliphatic carbocycles. The molecule has 2 unspecified atom stereocenters. The zero-order valence-corrected chi connectivity index (χ0v) is 15.6. The fraction of sp³-hybridized carbons (Fsp3) is 0.619. The van der Waals surface area contributed by atoms with Crippen molar-refractivity contribution in [3.05, 3.63) is 34.6 Å². The average Bonchev–Trinajstić information content (AvgIpc) is 2.55. The van der Waals surface area contributed by atoms with Gasteiger partial charge in [0, 0.05) is 18.1 Å². The largest absolute Gasteiger partial charge is 0.491 e. The minimum atomic E-state index is -0.833. The third kappa shape index (κ3) is 3.77. The van der Waals surface area contributed by atoms with Gasteiger partial charge in [-0.15, -0.1) is 6.42 Å². The first kappa shape index (κ1) is 18.8. The number of allylic oxidation sites excluding steroid dienone is 2. The molecule has 0 fully saturated rings. The van der Waals surface area contributed by atoms with Gasteiger partial charge in [-0.2, -0.15) is 0 Å². The van der Waals surface area contributed by atoms with Gasteiger partial charge in [0.2, 0.25) is 0 Å². The Bertz CT molecular complexity index is 601. The number of aliphatic hydroxyl groups is 1. The molecular weight excluding hydrogens is 300 g/mol. The Hall–Kier alpha value is -1.50. The van der Waals surface area contributed by atoms with Crippen molar-refractivity contribution in [1.29, 1.82) is 0 Å². The van der Waals surface area contributed by atoms with Gasteiger partial charge in [0.25, 0.3) is 0 Å². The van der Waals surface area contributed by atoms with Crippen LogP contribution in [-0.4, -0.2) is 31.0 Å². The maximum atomic E-state index is 10.2. The Balaban J connectivity index is 2.40. The third-order valence-electron chi connectivity index (χ3n) is 5.12. The summed E-state index contributed by atoms with van der Waals surface area (Å²) in [5, 5.41) is 10.2. The van der Waals surface area contributed by atoms with Crippen molar-refractivity contribution in [2.24, 2.45) is 17.3 Å². The molecule has 3 nitrogen and oxygen atoms in total. The lowest BCUT2D eigenvalue weighted by Gasteiger charge is -2.42. The maximum absolute atomic E-state index is 10.2. The molecule has 0 amide bonds. The predicted octanol–water partition coefficient (Wildman–Crippen LogP) is 3.86. The Morgan fingerprint density at radius 3 is 2.71 bits per heavy atom. The van der Waals surface area contributed by atoms with Gasteiger partial charge >= 0.3 is 0 Å². The maximum Gasteiger partial charge on any atom is 0.124 e. The zero-order chi connectivity index (χ0) is 17.9. The van der Waals surface area contributed by atoms with Crippen molar-refractivity contribution < 1.29 is 14.6 Å². The Labute approximate surface area is 146 Å². The molecule has 24 heavy (non-hydrogen) atoms. The summed E-state index contributed by atoms with van der Waals surface area (Å²) in [6.45, 7) is 12.7. The molecule has 3 heteroatoms. The second-order valence-corrected chi connectivity index (χ2v) is 7.39. The van der Waals surface area contributed by atoms with E-state index in [9.17, 15) is 5.11 Å². The van der Waals surface area contributed by atoms with E-state index in [2.05, 4.69) is 39.7 Å². The van der Waals surface area contributed by atoms with Crippen LogP contribution in [0.15, 0.2) is 34.6 Å². The molecule has 2 aliphatic rings. The standard InChI is InChI=1S/C21H30O3/c1-7-18(22)16-11-17-20(15(4)14(3)13-21(17,5)6)19(12-16)24-10-9-23-8-2/h1,11-12,14,16,18,22H,8-10,13H2,2-6H3/t14?,16?,18-/m0/s1. The van der Waals surface area contributed by atoms with E-state index in [1.54, 1.807) is 0 Å². The number of terminal acetylenes is 1. The molecule has 0 spiro atoms. The van der Waals surface area contributed by atoms with E-state index in [4.69, 9.17) is 15.9 Å². The molecule has 0 aromatic heterocycles. The molecule has 0 aromatic carbocycles. The highest BCUT2D eigenvalue weighted by Crippen LogP contribution is 2.50. The summed E-state index contributed by atoms with van der Waals surface area (Å²) >= 11 is 0. The van der Waals surface area contributed by atoms with Gasteiger partial charge in [0.1, 0.15) is 18.5 Å². The molecule has 0 saturated heterocycles. The monoisotopic (exact) mass is 330 g/mol. The molecule has 0 saturated carbocycles. The van der Waals surface area contributed by atoms with Crippen molar-refractivity contribution in [1.82, 2.24) is 0 Å². The summed E-state index contributed by atoms with van der Waals surface area (Å²) in [7, 11) is 0. The summed E-state index contributed by atoms with van der Waals surface area (Å²) in [5.74, 6) is 3.57. The molecule has 0 aromatic rings. The molecule has 1 N–H and O–H groups in total. The van der Waals surface area contributed by atoms with E-state index in [0.717, 1.165) is 12.2 Å². The molecule has 0 radical (unpaired) electrons. The van der Waals surface area contributed by atoms with Crippen molar-refractivity contribution >= 4 is 0 Å². The van der Waals surface area contributed by atoms with Crippen LogP contribution in [0.2, 0.25) is 0 Å². The van der Waals surface area contributed by atoms with Gasteiger partial charge in [-0.05, 0) is 43.3 Å². The highest BCUT2D eigenvalue weighted by Gasteiger charge is 2.39. The number of hydrogen-bond acceptors (Lipinski definition) is 3. The van der Waals surface area contributed by atoms with Gasteiger partial charge in [-0.25, -0.2) is 0 Å². The van der Waals surface area contributed by atoms with E-state index in [1.165, 1.54) is 16.7 Å². The zero-order valence-electron chi connectivity index (χ0n) is 15.6. The minimum absolute atomic E-state index is 0.0314. The first-order valence-electron chi connectivity index (χ1n) is 8.82. The Morgan fingerprint density at radius 2 is 2.08 bits per heavy atom. The molecule has 2 rings (SSSR count). The van der Waals surface area contributed by atoms with Gasteiger partial charge in [-0.1, -0.05) is 38.3 Å². The first-order chi connectivity index (χ1) is 11.3. The predicted molar refractivity (Wildman–Crippen MR) is 97.2 cm³/mol. The molecule has 0 bridgehead atoms. The summed E-state index contributed by atoms with van der Waals surface area (Å²) in [6.07, 6.45) is 9.79. The van der Waals surface area contributed by atoms with Crippen molar-refractivity contribution in [2.45, 2.75) is 47.1 Å². The van der Waals surface area contributed by atoms with Crippen molar-refractivity contribution in [2.75, 3.05) is 19.8 Å². The fourth-order valence-electron chi connectivity index (χ4n) is 3.73. The number of ether oxygens (including phenoxy) is 2. The van der Waals surface area contributed by atoms with Crippen LogP contribution >= 0.6 is 0 Å². The quantitative estimate of drug-likeness (QED) is 0.594. The van der Waals surface area contributed by atoms with Gasteiger partial charge in [-0.3, -0.25) is 0 Å². The lowest BCUT2D eigenvalue weighted by atomic mass is 9.64. The van der Waals surface area contributed by atoms with Crippen LogP contribution in [0.5, 0.6) is 0 Å². The third-order valence-corrected chi connectivity index (χ3v) is 5.12. The Morgan fingerprint density at radius 1 is 1.38 bits per heavy atom. The van der Waals surface area contributed by atoms with Gasteiger partial charge in [0.05, 0.1) is 6.61 Å². The molecule has 0 heterocycles. The minimum Gasteiger partial charge on any atom is -0.491 e. The van der Waals surface area contributed by atoms with Crippen molar-refractivity contribution in [3.8, 4) is 12.3 Å². The van der Waals surface area contributed by atoms with Gasteiger partial charge < -0.3 is 14.6 Å². The second kappa shape index (κ2) is 7.59. The highest BCUT2D eigenvalue weighted by atomic mass is 16.5. The number of rotatable bonds is 6. The fourth-order valence-corrected chi connectivity index (χ4v) is 3.73.